The van der Waals surface area contributed by atoms with Gasteiger partial charge in [0, 0.05) is 6.04 Å². The van der Waals surface area contributed by atoms with Crippen LogP contribution < -0.4 is 5.32 Å². The molecule has 16 heavy (non-hydrogen) atoms. The largest absolute Gasteiger partial charge is 0.367 e. The summed E-state index contributed by atoms with van der Waals surface area (Å²) in [4.78, 5) is 4.41. The number of hydrogen-bond donors (Lipinski definition) is 1. The average molecular weight is 283 g/mol. The summed E-state index contributed by atoms with van der Waals surface area (Å²) >= 11 is 3.40. The van der Waals surface area contributed by atoms with E-state index in [1.807, 2.05) is 18.2 Å². The number of pyridine rings is 1. The highest BCUT2D eigenvalue weighted by atomic mass is 79.9. The minimum Gasteiger partial charge on any atom is -0.367 e. The Bertz CT molecular complexity index is 332. The lowest BCUT2D eigenvalue weighted by Gasteiger charge is -2.28. The van der Waals surface area contributed by atoms with Crippen molar-refractivity contribution in [1.29, 1.82) is 0 Å². The van der Waals surface area contributed by atoms with Gasteiger partial charge in [0.2, 0.25) is 0 Å². The molecule has 0 bridgehead atoms. The molecule has 0 atom stereocenters. The summed E-state index contributed by atoms with van der Waals surface area (Å²) in [7, 11) is 0. The predicted molar refractivity (Wildman–Crippen MR) is 71.6 cm³/mol. The van der Waals surface area contributed by atoms with Crippen LogP contribution in [0.1, 0.15) is 39.0 Å². The zero-order valence-electron chi connectivity index (χ0n) is 9.75. The molecule has 1 aliphatic carbocycles. The molecule has 1 aromatic rings. The number of hydrogen-bond acceptors (Lipinski definition) is 2. The molecule has 1 aromatic heterocycles. The third kappa shape index (κ3) is 3.21. The third-order valence-corrected chi connectivity index (χ3v) is 3.93. The lowest BCUT2D eigenvalue weighted by atomic mass is 9.84. The molecule has 1 saturated carbocycles. The molecule has 3 heteroatoms. The number of halogens is 1. The number of nitrogens with one attached hydrogen (secondary N) is 1. The molecule has 0 radical (unpaired) electrons. The summed E-state index contributed by atoms with van der Waals surface area (Å²) in [6, 6.07) is 6.64. The van der Waals surface area contributed by atoms with Crippen molar-refractivity contribution in [2.45, 2.75) is 45.1 Å². The Kier molecular flexibility index (Phi) is 4.22. The number of aromatic nitrogens is 1. The van der Waals surface area contributed by atoms with E-state index in [4.69, 9.17) is 0 Å². The van der Waals surface area contributed by atoms with Gasteiger partial charge in [-0.05, 0) is 59.7 Å². The Morgan fingerprint density at radius 3 is 2.69 bits per heavy atom. The topological polar surface area (TPSA) is 24.9 Å². The van der Waals surface area contributed by atoms with Crippen LogP contribution in [-0.4, -0.2) is 11.0 Å². The number of rotatable bonds is 3. The summed E-state index contributed by atoms with van der Waals surface area (Å²) in [6.07, 6.45) is 6.63. The van der Waals surface area contributed by atoms with E-state index in [1.54, 1.807) is 0 Å². The summed E-state index contributed by atoms with van der Waals surface area (Å²) < 4.78 is 0.903. The molecule has 88 valence electrons. The SMILES string of the molecule is CCC1CCC(Nc2cccc(Br)n2)CC1. The molecule has 1 aliphatic rings. The van der Waals surface area contributed by atoms with E-state index in [9.17, 15) is 0 Å². The summed E-state index contributed by atoms with van der Waals surface area (Å²) in [5, 5.41) is 3.53. The number of anilines is 1. The molecular weight excluding hydrogens is 264 g/mol. The predicted octanol–water partition coefficient (Wildman–Crippen LogP) is 4.22. The smallest absolute Gasteiger partial charge is 0.127 e. The fourth-order valence-corrected chi connectivity index (χ4v) is 2.76. The molecule has 2 rings (SSSR count). The van der Waals surface area contributed by atoms with Crippen LogP contribution in [0.4, 0.5) is 5.82 Å². The molecule has 1 heterocycles. The molecule has 0 saturated heterocycles. The maximum Gasteiger partial charge on any atom is 0.127 e. The van der Waals surface area contributed by atoms with Gasteiger partial charge in [-0.3, -0.25) is 0 Å². The summed E-state index contributed by atoms with van der Waals surface area (Å²) in [5.74, 6) is 1.95. The van der Waals surface area contributed by atoms with Gasteiger partial charge in [0.25, 0.3) is 0 Å². The molecule has 0 unspecified atom stereocenters. The Balaban J connectivity index is 1.87. The van der Waals surface area contributed by atoms with E-state index < -0.39 is 0 Å². The van der Waals surface area contributed by atoms with Gasteiger partial charge in [0.15, 0.2) is 0 Å². The quantitative estimate of drug-likeness (QED) is 0.840. The normalized spacial score (nSPS) is 25.4. The fraction of sp³-hybridized carbons (Fsp3) is 0.615. The molecular formula is C13H19BrN2. The van der Waals surface area contributed by atoms with Crippen molar-refractivity contribution in [2.24, 2.45) is 5.92 Å². The first-order valence-corrected chi connectivity index (χ1v) is 6.96. The monoisotopic (exact) mass is 282 g/mol. The molecule has 2 nitrogen and oxygen atoms in total. The lowest BCUT2D eigenvalue weighted by molar-refractivity contribution is 0.330. The van der Waals surface area contributed by atoms with Crippen molar-refractivity contribution < 1.29 is 0 Å². The van der Waals surface area contributed by atoms with E-state index in [0.29, 0.717) is 6.04 Å². The van der Waals surface area contributed by atoms with Crippen LogP contribution in [0.25, 0.3) is 0 Å². The zero-order chi connectivity index (χ0) is 11.4. The summed E-state index contributed by atoms with van der Waals surface area (Å²) in [6.45, 7) is 2.30. The van der Waals surface area contributed by atoms with Gasteiger partial charge >= 0.3 is 0 Å². The van der Waals surface area contributed by atoms with Crippen molar-refractivity contribution in [3.05, 3.63) is 22.8 Å². The Morgan fingerprint density at radius 2 is 2.06 bits per heavy atom. The first-order valence-electron chi connectivity index (χ1n) is 6.17. The van der Waals surface area contributed by atoms with Crippen molar-refractivity contribution in [3.8, 4) is 0 Å². The molecule has 0 aliphatic heterocycles. The van der Waals surface area contributed by atoms with Crippen LogP contribution in [0, 0.1) is 5.92 Å². The minimum absolute atomic E-state index is 0.615. The Morgan fingerprint density at radius 1 is 1.31 bits per heavy atom. The van der Waals surface area contributed by atoms with E-state index in [0.717, 1.165) is 16.3 Å². The van der Waals surface area contributed by atoms with Crippen molar-refractivity contribution in [2.75, 3.05) is 5.32 Å². The van der Waals surface area contributed by atoms with E-state index >= 15 is 0 Å². The van der Waals surface area contributed by atoms with Crippen LogP contribution in [-0.2, 0) is 0 Å². The second kappa shape index (κ2) is 5.67. The number of nitrogens with zero attached hydrogens (tertiary/aromatic N) is 1. The zero-order valence-corrected chi connectivity index (χ0v) is 11.3. The second-order valence-corrected chi connectivity index (χ2v) is 5.43. The van der Waals surface area contributed by atoms with E-state index in [-0.39, 0.29) is 0 Å². The lowest BCUT2D eigenvalue weighted by Crippen LogP contribution is -2.26. The van der Waals surface area contributed by atoms with E-state index in [2.05, 4.69) is 33.2 Å². The molecule has 0 spiro atoms. The van der Waals surface area contributed by atoms with Gasteiger partial charge in [-0.2, -0.15) is 0 Å². The van der Waals surface area contributed by atoms with Crippen molar-refractivity contribution in [3.63, 3.8) is 0 Å². The van der Waals surface area contributed by atoms with Crippen LogP contribution in [0.5, 0.6) is 0 Å². The molecule has 0 aromatic carbocycles. The van der Waals surface area contributed by atoms with Crippen molar-refractivity contribution in [1.82, 2.24) is 4.98 Å². The second-order valence-electron chi connectivity index (χ2n) is 4.62. The maximum absolute atomic E-state index is 4.41. The molecule has 0 amide bonds. The van der Waals surface area contributed by atoms with Crippen LogP contribution in [0.2, 0.25) is 0 Å². The van der Waals surface area contributed by atoms with Crippen LogP contribution in [0.15, 0.2) is 22.8 Å². The average Bonchev–Trinajstić information content (AvgIpc) is 2.30. The highest BCUT2D eigenvalue weighted by Crippen LogP contribution is 2.28. The molecule has 1 N–H and O–H groups in total. The first-order chi connectivity index (χ1) is 7.78. The van der Waals surface area contributed by atoms with Crippen LogP contribution in [0.3, 0.4) is 0 Å². The highest BCUT2D eigenvalue weighted by molar-refractivity contribution is 9.10. The van der Waals surface area contributed by atoms with Gasteiger partial charge in [-0.25, -0.2) is 4.98 Å². The van der Waals surface area contributed by atoms with Gasteiger partial charge in [-0.15, -0.1) is 0 Å². The fourth-order valence-electron chi connectivity index (χ4n) is 2.41. The third-order valence-electron chi connectivity index (χ3n) is 3.49. The Labute approximate surface area is 106 Å². The Hall–Kier alpha value is -0.570. The van der Waals surface area contributed by atoms with Crippen LogP contribution >= 0.6 is 15.9 Å². The minimum atomic E-state index is 0.615. The van der Waals surface area contributed by atoms with Gasteiger partial charge < -0.3 is 5.32 Å². The standard InChI is InChI=1S/C13H19BrN2/c1-2-10-6-8-11(9-7-10)15-13-5-3-4-12(14)16-13/h3-5,10-11H,2,6-9H2,1H3,(H,15,16). The van der Waals surface area contributed by atoms with Crippen molar-refractivity contribution >= 4 is 21.7 Å². The highest BCUT2D eigenvalue weighted by Gasteiger charge is 2.19. The molecule has 1 fully saturated rings. The van der Waals surface area contributed by atoms with Gasteiger partial charge in [0.1, 0.15) is 10.4 Å². The maximum atomic E-state index is 4.41. The first kappa shape index (κ1) is 11.9. The summed E-state index contributed by atoms with van der Waals surface area (Å²) in [5.41, 5.74) is 0. The van der Waals surface area contributed by atoms with Gasteiger partial charge in [0.05, 0.1) is 0 Å². The van der Waals surface area contributed by atoms with E-state index in [1.165, 1.54) is 32.1 Å². The van der Waals surface area contributed by atoms with Gasteiger partial charge in [-0.1, -0.05) is 19.4 Å².